The lowest BCUT2D eigenvalue weighted by molar-refractivity contribution is 0.158. The average Bonchev–Trinajstić information content (AvgIpc) is 3.10. The van der Waals surface area contributed by atoms with Crippen molar-refractivity contribution in [3.63, 3.8) is 0 Å². The van der Waals surface area contributed by atoms with Crippen LogP contribution in [-0.2, 0) is 9.47 Å². The first-order valence-corrected chi connectivity index (χ1v) is 12.8. The van der Waals surface area contributed by atoms with E-state index in [0.717, 1.165) is 24.7 Å². The highest BCUT2D eigenvalue weighted by Crippen LogP contribution is 2.47. The van der Waals surface area contributed by atoms with E-state index in [2.05, 4.69) is 39.2 Å². The lowest BCUT2D eigenvalue weighted by Crippen LogP contribution is -2.10. The Morgan fingerprint density at radius 2 is 1.56 bits per heavy atom. The first-order valence-electron chi connectivity index (χ1n) is 10.9. The Morgan fingerprint density at radius 1 is 0.926 bits per heavy atom. The van der Waals surface area contributed by atoms with Gasteiger partial charge in [0.25, 0.3) is 0 Å². The smallest absolute Gasteiger partial charge is 0.127 e. The molecule has 0 aromatic rings. The van der Waals surface area contributed by atoms with E-state index in [1.54, 1.807) is 11.8 Å². The standard InChI is InChI=1S/C23H38O2S2/c1-5-9-11-18(7-3)14-24-20-13-22-23(27-16-20)21(17-26-22)25-15-19(8-4)12-10-6-2/h13,16,18-19H,5-12,14-15,17H2,1-4H3. The second kappa shape index (κ2) is 12.9. The highest BCUT2D eigenvalue weighted by atomic mass is 32.2. The summed E-state index contributed by atoms with van der Waals surface area (Å²) in [6, 6.07) is 0. The van der Waals surface area contributed by atoms with Crippen molar-refractivity contribution in [2.45, 2.75) is 79.1 Å². The van der Waals surface area contributed by atoms with Gasteiger partial charge in [0.2, 0.25) is 0 Å². The number of unbranched alkanes of at least 4 members (excludes halogenated alkanes) is 2. The number of allylic oxidation sites excluding steroid dienone is 1. The fourth-order valence-corrected chi connectivity index (χ4v) is 5.51. The van der Waals surface area contributed by atoms with E-state index in [0.29, 0.717) is 11.8 Å². The minimum Gasteiger partial charge on any atom is -0.496 e. The van der Waals surface area contributed by atoms with Gasteiger partial charge in [0.1, 0.15) is 11.5 Å². The Hall–Kier alpha value is -0.480. The highest BCUT2D eigenvalue weighted by Gasteiger charge is 2.26. The Kier molecular flexibility index (Phi) is 10.9. The number of fused-ring (bicyclic) bond motifs is 1. The Balaban J connectivity index is 1.84. The zero-order chi connectivity index (χ0) is 19.5. The van der Waals surface area contributed by atoms with Crippen LogP contribution in [0.4, 0.5) is 0 Å². The third-order valence-electron chi connectivity index (χ3n) is 5.47. The molecule has 2 aliphatic rings. The lowest BCUT2D eigenvalue weighted by Gasteiger charge is -2.19. The second-order valence-corrected chi connectivity index (χ2v) is 9.54. The van der Waals surface area contributed by atoms with Crippen molar-refractivity contribution in [2.24, 2.45) is 11.8 Å². The number of rotatable bonds is 14. The minimum absolute atomic E-state index is 0.676. The van der Waals surface area contributed by atoms with Crippen LogP contribution in [0.2, 0.25) is 0 Å². The van der Waals surface area contributed by atoms with Crippen LogP contribution in [-0.4, -0.2) is 19.0 Å². The van der Waals surface area contributed by atoms with Gasteiger partial charge in [-0.3, -0.25) is 0 Å². The fourth-order valence-electron chi connectivity index (χ4n) is 3.33. The van der Waals surface area contributed by atoms with Crippen LogP contribution in [0.1, 0.15) is 79.1 Å². The molecular formula is C23H38O2S2. The molecule has 2 unspecified atom stereocenters. The molecule has 0 radical (unpaired) electrons. The van der Waals surface area contributed by atoms with Gasteiger partial charge < -0.3 is 9.47 Å². The molecule has 0 fully saturated rings. The molecule has 0 aromatic carbocycles. The molecule has 0 aromatic heterocycles. The minimum atomic E-state index is 0.676. The zero-order valence-corrected chi connectivity index (χ0v) is 19.4. The Bertz CT molecular complexity index is 536. The summed E-state index contributed by atoms with van der Waals surface area (Å²) in [7, 11) is 0. The average molecular weight is 411 g/mol. The van der Waals surface area contributed by atoms with Crippen molar-refractivity contribution in [3.05, 3.63) is 32.8 Å². The topological polar surface area (TPSA) is 18.5 Å². The molecule has 4 heteroatoms. The van der Waals surface area contributed by atoms with Crippen LogP contribution in [0.5, 0.6) is 0 Å². The lowest BCUT2D eigenvalue weighted by atomic mass is 10.0. The quantitative estimate of drug-likeness (QED) is 0.290. The van der Waals surface area contributed by atoms with Crippen molar-refractivity contribution < 1.29 is 9.47 Å². The molecule has 2 atom stereocenters. The molecule has 0 N–H and O–H groups in total. The molecule has 2 heterocycles. The van der Waals surface area contributed by atoms with Crippen LogP contribution >= 0.6 is 23.5 Å². The summed E-state index contributed by atoms with van der Waals surface area (Å²) < 4.78 is 12.4. The molecule has 0 saturated heterocycles. The van der Waals surface area contributed by atoms with Crippen molar-refractivity contribution >= 4 is 23.5 Å². The van der Waals surface area contributed by atoms with E-state index in [1.807, 2.05) is 11.8 Å². The fraction of sp³-hybridized carbons (Fsp3) is 0.739. The largest absolute Gasteiger partial charge is 0.496 e. The van der Waals surface area contributed by atoms with Gasteiger partial charge in [-0.15, -0.1) is 11.8 Å². The van der Waals surface area contributed by atoms with Gasteiger partial charge in [0.05, 0.1) is 23.9 Å². The third-order valence-corrected chi connectivity index (χ3v) is 7.67. The molecular weight excluding hydrogens is 372 g/mol. The summed E-state index contributed by atoms with van der Waals surface area (Å²) in [5.41, 5.74) is 0. The van der Waals surface area contributed by atoms with E-state index in [-0.39, 0.29) is 0 Å². The van der Waals surface area contributed by atoms with Crippen LogP contribution < -0.4 is 0 Å². The van der Waals surface area contributed by atoms with E-state index in [1.165, 1.54) is 66.9 Å². The van der Waals surface area contributed by atoms with E-state index < -0.39 is 0 Å². The number of ether oxygens (including phenoxy) is 2. The Morgan fingerprint density at radius 3 is 2.15 bits per heavy atom. The number of hydrogen-bond donors (Lipinski definition) is 0. The molecule has 0 spiro atoms. The van der Waals surface area contributed by atoms with Crippen molar-refractivity contribution in [2.75, 3.05) is 19.0 Å². The molecule has 2 aliphatic heterocycles. The molecule has 0 amide bonds. The maximum atomic E-state index is 6.24. The second-order valence-electron chi connectivity index (χ2n) is 7.64. The number of hydrogen-bond acceptors (Lipinski definition) is 4. The summed E-state index contributed by atoms with van der Waals surface area (Å²) in [6.45, 7) is 10.8. The van der Waals surface area contributed by atoms with Gasteiger partial charge in [0.15, 0.2) is 0 Å². The Labute approximate surface area is 175 Å². The summed E-state index contributed by atoms with van der Waals surface area (Å²) in [5, 5.41) is 2.16. The van der Waals surface area contributed by atoms with Crippen LogP contribution in [0.15, 0.2) is 32.8 Å². The van der Waals surface area contributed by atoms with Gasteiger partial charge in [-0.1, -0.05) is 78.0 Å². The monoisotopic (exact) mass is 410 g/mol. The molecule has 2 rings (SSSR count). The SMILES string of the molecule is CCCCC(CC)COC1=CSC2=C(OCC(CC)CCCC)CSC2=C1. The zero-order valence-electron chi connectivity index (χ0n) is 17.7. The highest BCUT2D eigenvalue weighted by molar-refractivity contribution is 8.10. The van der Waals surface area contributed by atoms with Gasteiger partial charge in [-0.25, -0.2) is 0 Å². The van der Waals surface area contributed by atoms with Gasteiger partial charge in [-0.05, 0) is 30.8 Å². The molecule has 27 heavy (non-hydrogen) atoms. The van der Waals surface area contributed by atoms with Crippen LogP contribution in [0.25, 0.3) is 0 Å². The maximum absolute atomic E-state index is 6.24. The van der Waals surface area contributed by atoms with Gasteiger partial charge in [-0.2, -0.15) is 0 Å². The van der Waals surface area contributed by atoms with E-state index in [4.69, 9.17) is 9.47 Å². The first-order chi connectivity index (χ1) is 13.2. The normalized spacial score (nSPS) is 18.7. The predicted molar refractivity (Wildman–Crippen MR) is 122 cm³/mol. The predicted octanol–water partition coefficient (Wildman–Crippen LogP) is 7.88. The summed E-state index contributed by atoms with van der Waals surface area (Å²) in [5.74, 6) is 4.53. The van der Waals surface area contributed by atoms with Gasteiger partial charge >= 0.3 is 0 Å². The summed E-state index contributed by atoms with van der Waals surface area (Å²) in [6.07, 6.45) is 12.3. The molecule has 2 nitrogen and oxygen atoms in total. The third kappa shape index (κ3) is 7.45. The number of thioether (sulfide) groups is 2. The van der Waals surface area contributed by atoms with Gasteiger partial charge in [0, 0.05) is 10.3 Å². The van der Waals surface area contributed by atoms with Crippen LogP contribution in [0.3, 0.4) is 0 Å². The summed E-state index contributed by atoms with van der Waals surface area (Å²) >= 11 is 3.67. The van der Waals surface area contributed by atoms with Crippen molar-refractivity contribution in [1.82, 2.24) is 0 Å². The molecule has 0 saturated carbocycles. The van der Waals surface area contributed by atoms with E-state index in [9.17, 15) is 0 Å². The van der Waals surface area contributed by atoms with Crippen molar-refractivity contribution in [3.8, 4) is 0 Å². The maximum Gasteiger partial charge on any atom is 0.127 e. The molecule has 0 aliphatic carbocycles. The first kappa shape index (κ1) is 22.8. The van der Waals surface area contributed by atoms with E-state index >= 15 is 0 Å². The summed E-state index contributed by atoms with van der Waals surface area (Å²) in [4.78, 5) is 2.64. The molecule has 0 bridgehead atoms. The van der Waals surface area contributed by atoms with Crippen molar-refractivity contribution in [1.29, 1.82) is 0 Å². The van der Waals surface area contributed by atoms with Crippen LogP contribution in [0, 0.1) is 11.8 Å². The molecule has 154 valence electrons.